The maximum absolute atomic E-state index is 12.3. The first-order chi connectivity index (χ1) is 13.5. The third-order valence-electron chi connectivity index (χ3n) is 3.52. The number of anilines is 2. The van der Waals surface area contributed by atoms with Crippen LogP contribution in [0.4, 0.5) is 10.9 Å². The van der Waals surface area contributed by atoms with Crippen molar-refractivity contribution in [2.45, 2.75) is 11.9 Å². The Kier molecular flexibility index (Phi) is 5.94. The molecule has 2 aromatic heterocycles. The van der Waals surface area contributed by atoms with Crippen molar-refractivity contribution in [3.05, 3.63) is 35.4 Å². The summed E-state index contributed by atoms with van der Waals surface area (Å²) < 4.78 is 6.37. The van der Waals surface area contributed by atoms with E-state index in [4.69, 9.17) is 15.7 Å². The van der Waals surface area contributed by atoms with E-state index in [1.165, 1.54) is 17.4 Å². The number of amides is 1. The molecule has 0 spiro atoms. The van der Waals surface area contributed by atoms with Crippen molar-refractivity contribution in [2.75, 3.05) is 23.4 Å². The Bertz CT molecular complexity index is 1130. The molecule has 8 nitrogen and oxygen atoms in total. The number of hydrogen-bond acceptors (Lipinski definition) is 9. The van der Waals surface area contributed by atoms with Gasteiger partial charge in [-0.1, -0.05) is 23.1 Å². The molecule has 140 valence electrons. The summed E-state index contributed by atoms with van der Waals surface area (Å²) in [5.41, 5.74) is 6.79. The van der Waals surface area contributed by atoms with Gasteiger partial charge in [-0.3, -0.25) is 4.79 Å². The standard InChI is InChI=1S/C18H14N6O2S2/c1-2-26-12-3-4-13-14(6-12)28-18(22-13)23-15(25)9-27-17-11(8-20)5-10(7-19)16(21)24-17/h3-6H,2,9H2,1H3,(H2,21,24)(H,22,23,25). The Labute approximate surface area is 169 Å². The maximum Gasteiger partial charge on any atom is 0.236 e. The molecule has 0 saturated carbocycles. The van der Waals surface area contributed by atoms with Crippen molar-refractivity contribution in [2.24, 2.45) is 0 Å². The third-order valence-corrected chi connectivity index (χ3v) is 5.44. The highest BCUT2D eigenvalue weighted by atomic mass is 32.2. The van der Waals surface area contributed by atoms with Crippen molar-refractivity contribution < 1.29 is 9.53 Å². The number of benzene rings is 1. The molecule has 0 aliphatic heterocycles. The third kappa shape index (κ3) is 4.31. The molecule has 0 aliphatic carbocycles. The Morgan fingerprint density at radius 2 is 2.07 bits per heavy atom. The van der Waals surface area contributed by atoms with E-state index in [1.807, 2.05) is 37.3 Å². The number of carbonyl (C=O) groups excluding carboxylic acids is 1. The second-order valence-corrected chi connectivity index (χ2v) is 7.41. The normalized spacial score (nSPS) is 10.2. The van der Waals surface area contributed by atoms with Crippen LogP contribution in [0.3, 0.4) is 0 Å². The van der Waals surface area contributed by atoms with Crippen LogP contribution in [0.15, 0.2) is 29.3 Å². The fraction of sp³-hybridized carbons (Fsp3) is 0.167. The number of nitriles is 2. The van der Waals surface area contributed by atoms with Gasteiger partial charge in [0.25, 0.3) is 0 Å². The van der Waals surface area contributed by atoms with Crippen molar-refractivity contribution in [3.8, 4) is 17.9 Å². The van der Waals surface area contributed by atoms with E-state index in [2.05, 4.69) is 15.3 Å². The summed E-state index contributed by atoms with van der Waals surface area (Å²) in [6.07, 6.45) is 0. The lowest BCUT2D eigenvalue weighted by Crippen LogP contribution is -2.14. The van der Waals surface area contributed by atoms with E-state index in [9.17, 15) is 10.1 Å². The lowest BCUT2D eigenvalue weighted by atomic mass is 10.2. The molecule has 0 unspecified atom stereocenters. The van der Waals surface area contributed by atoms with E-state index in [1.54, 1.807) is 0 Å². The number of nitrogen functional groups attached to an aromatic ring is 1. The van der Waals surface area contributed by atoms with Crippen LogP contribution < -0.4 is 15.8 Å². The summed E-state index contributed by atoms with van der Waals surface area (Å²) in [7, 11) is 0. The Balaban J connectivity index is 1.68. The van der Waals surface area contributed by atoms with Crippen LogP contribution in [-0.2, 0) is 4.79 Å². The maximum atomic E-state index is 12.3. The zero-order valence-electron chi connectivity index (χ0n) is 14.7. The number of ether oxygens (including phenoxy) is 1. The summed E-state index contributed by atoms with van der Waals surface area (Å²) in [6.45, 7) is 2.48. The van der Waals surface area contributed by atoms with E-state index >= 15 is 0 Å². The monoisotopic (exact) mass is 410 g/mol. The van der Waals surface area contributed by atoms with Gasteiger partial charge in [-0.2, -0.15) is 10.5 Å². The Morgan fingerprint density at radius 3 is 2.79 bits per heavy atom. The predicted molar refractivity (Wildman–Crippen MR) is 108 cm³/mol. The number of rotatable bonds is 6. The zero-order valence-corrected chi connectivity index (χ0v) is 16.4. The summed E-state index contributed by atoms with van der Waals surface area (Å²) >= 11 is 2.42. The average Bonchev–Trinajstić information content (AvgIpc) is 3.08. The second-order valence-electron chi connectivity index (χ2n) is 5.42. The fourth-order valence-corrected chi connectivity index (χ4v) is 3.97. The fourth-order valence-electron chi connectivity index (χ4n) is 2.29. The number of nitrogens with zero attached hydrogens (tertiary/aromatic N) is 4. The van der Waals surface area contributed by atoms with E-state index in [0.29, 0.717) is 16.8 Å². The highest BCUT2D eigenvalue weighted by Crippen LogP contribution is 2.30. The molecule has 0 atom stereocenters. The molecular weight excluding hydrogens is 396 g/mol. The molecular formula is C18H14N6O2S2. The van der Waals surface area contributed by atoms with Crippen LogP contribution in [0, 0.1) is 22.7 Å². The molecule has 3 N–H and O–H groups in total. The minimum atomic E-state index is -0.289. The highest BCUT2D eigenvalue weighted by molar-refractivity contribution is 8.00. The average molecular weight is 410 g/mol. The van der Waals surface area contributed by atoms with Gasteiger partial charge in [0.1, 0.15) is 28.7 Å². The zero-order chi connectivity index (χ0) is 20.1. The van der Waals surface area contributed by atoms with Gasteiger partial charge in [0, 0.05) is 0 Å². The van der Waals surface area contributed by atoms with Crippen LogP contribution in [0.5, 0.6) is 5.75 Å². The number of thioether (sulfide) groups is 1. The van der Waals surface area contributed by atoms with Crippen LogP contribution in [0.2, 0.25) is 0 Å². The number of fused-ring (bicyclic) bond motifs is 1. The first kappa shape index (κ1) is 19.4. The van der Waals surface area contributed by atoms with Gasteiger partial charge in [0.15, 0.2) is 5.13 Å². The number of carbonyl (C=O) groups is 1. The van der Waals surface area contributed by atoms with Crippen LogP contribution >= 0.6 is 23.1 Å². The molecule has 0 saturated heterocycles. The smallest absolute Gasteiger partial charge is 0.236 e. The first-order valence-electron chi connectivity index (χ1n) is 8.10. The molecule has 1 aromatic carbocycles. The van der Waals surface area contributed by atoms with Gasteiger partial charge >= 0.3 is 0 Å². The van der Waals surface area contributed by atoms with Crippen molar-refractivity contribution in [3.63, 3.8) is 0 Å². The molecule has 2 heterocycles. The molecule has 0 bridgehead atoms. The lowest BCUT2D eigenvalue weighted by Gasteiger charge is -2.05. The number of pyridine rings is 1. The summed E-state index contributed by atoms with van der Waals surface area (Å²) in [5.74, 6) is 0.511. The summed E-state index contributed by atoms with van der Waals surface area (Å²) in [6, 6.07) is 10.8. The van der Waals surface area contributed by atoms with E-state index in [-0.39, 0.29) is 28.6 Å². The van der Waals surface area contributed by atoms with Crippen LogP contribution in [-0.4, -0.2) is 28.2 Å². The van der Waals surface area contributed by atoms with Crippen molar-refractivity contribution >= 4 is 50.2 Å². The molecule has 3 rings (SSSR count). The molecule has 0 radical (unpaired) electrons. The minimum absolute atomic E-state index is 0.0210. The second kappa shape index (κ2) is 8.57. The Morgan fingerprint density at radius 1 is 1.29 bits per heavy atom. The van der Waals surface area contributed by atoms with Gasteiger partial charge < -0.3 is 15.8 Å². The lowest BCUT2D eigenvalue weighted by molar-refractivity contribution is -0.113. The molecule has 10 heteroatoms. The predicted octanol–water partition coefficient (Wildman–Crippen LogP) is 3.15. The molecule has 1 amide bonds. The number of thiazole rings is 1. The number of aromatic nitrogens is 2. The molecule has 28 heavy (non-hydrogen) atoms. The van der Waals surface area contributed by atoms with Gasteiger partial charge in [-0.25, -0.2) is 9.97 Å². The van der Waals surface area contributed by atoms with Crippen LogP contribution in [0.1, 0.15) is 18.1 Å². The van der Waals surface area contributed by atoms with Gasteiger partial charge in [-0.05, 0) is 31.2 Å². The van der Waals surface area contributed by atoms with E-state index < -0.39 is 0 Å². The minimum Gasteiger partial charge on any atom is -0.494 e. The molecule has 3 aromatic rings. The SMILES string of the molecule is CCOc1ccc2nc(NC(=O)CSc3nc(N)c(C#N)cc3C#N)sc2c1. The molecule has 0 fully saturated rings. The number of nitrogens with one attached hydrogen (secondary N) is 1. The largest absolute Gasteiger partial charge is 0.494 e. The first-order valence-corrected chi connectivity index (χ1v) is 9.91. The summed E-state index contributed by atoms with van der Waals surface area (Å²) in [4.78, 5) is 20.7. The van der Waals surface area contributed by atoms with Gasteiger partial charge in [-0.15, -0.1) is 0 Å². The highest BCUT2D eigenvalue weighted by Gasteiger charge is 2.14. The number of hydrogen-bond donors (Lipinski definition) is 2. The van der Waals surface area contributed by atoms with Crippen LogP contribution in [0.25, 0.3) is 10.2 Å². The number of nitrogens with two attached hydrogens (primary N) is 1. The quantitative estimate of drug-likeness (QED) is 0.591. The molecule has 0 aliphatic rings. The summed E-state index contributed by atoms with van der Waals surface area (Å²) in [5, 5.41) is 21.7. The van der Waals surface area contributed by atoms with Gasteiger partial charge in [0.05, 0.1) is 33.7 Å². The topological polar surface area (TPSA) is 138 Å². The van der Waals surface area contributed by atoms with E-state index in [0.717, 1.165) is 27.7 Å². The van der Waals surface area contributed by atoms with Crippen molar-refractivity contribution in [1.29, 1.82) is 10.5 Å². The Hall–Kier alpha value is -3.34. The van der Waals surface area contributed by atoms with Gasteiger partial charge in [0.2, 0.25) is 5.91 Å². The van der Waals surface area contributed by atoms with Crippen molar-refractivity contribution in [1.82, 2.24) is 9.97 Å².